The van der Waals surface area contributed by atoms with Crippen LogP contribution in [0, 0.1) is 0 Å². The zero-order valence-corrected chi connectivity index (χ0v) is 17.5. The average Bonchev–Trinajstić information content (AvgIpc) is 2.84. The highest BCUT2D eigenvalue weighted by Crippen LogP contribution is 2.35. The van der Waals surface area contributed by atoms with Crippen LogP contribution in [0.25, 0.3) is 6.08 Å². The highest BCUT2D eigenvalue weighted by atomic mass is 79.9. The molecule has 1 fully saturated rings. The van der Waals surface area contributed by atoms with Crippen molar-refractivity contribution in [3.8, 4) is 5.75 Å². The topological polar surface area (TPSA) is 58.6 Å². The quantitative estimate of drug-likeness (QED) is 0.477. The second-order valence-electron chi connectivity index (χ2n) is 5.52. The van der Waals surface area contributed by atoms with E-state index in [1.54, 1.807) is 49.6 Å². The maximum Gasteiger partial charge on any atom is 0.329 e. The van der Waals surface area contributed by atoms with Crippen LogP contribution < -0.4 is 10.1 Å². The molecule has 0 aromatic heterocycles. The zero-order valence-electron chi connectivity index (χ0n) is 13.6. The second-order valence-corrected chi connectivity index (χ2v) is 7.67. The highest BCUT2D eigenvalue weighted by molar-refractivity contribution is 9.11. The highest BCUT2D eigenvalue weighted by Gasteiger charge is 2.33. The van der Waals surface area contributed by atoms with Crippen LogP contribution >= 0.6 is 43.5 Å². The first-order valence-corrected chi connectivity index (χ1v) is 9.47. The van der Waals surface area contributed by atoms with Gasteiger partial charge in [-0.3, -0.25) is 9.69 Å². The molecule has 2 aromatic carbocycles. The Hall–Kier alpha value is -1.83. The van der Waals surface area contributed by atoms with Crippen molar-refractivity contribution in [1.29, 1.82) is 0 Å². The number of carbonyl (C=O) groups is 2. The summed E-state index contributed by atoms with van der Waals surface area (Å²) in [5.41, 5.74) is 1.77. The van der Waals surface area contributed by atoms with Gasteiger partial charge < -0.3 is 10.1 Å². The molecule has 1 aliphatic rings. The summed E-state index contributed by atoms with van der Waals surface area (Å²) < 4.78 is 6.73. The number of imide groups is 1. The van der Waals surface area contributed by atoms with Gasteiger partial charge in [0.25, 0.3) is 5.91 Å². The lowest BCUT2D eigenvalue weighted by Gasteiger charge is -2.11. The van der Waals surface area contributed by atoms with Crippen molar-refractivity contribution >= 4 is 61.5 Å². The molecule has 1 aliphatic heterocycles. The van der Waals surface area contributed by atoms with E-state index in [0.29, 0.717) is 10.8 Å². The van der Waals surface area contributed by atoms with Crippen LogP contribution in [0.2, 0.25) is 5.02 Å². The third-order valence-corrected chi connectivity index (χ3v) is 5.18. The van der Waals surface area contributed by atoms with Gasteiger partial charge in [0.2, 0.25) is 0 Å². The molecule has 0 aliphatic carbocycles. The number of benzene rings is 2. The molecule has 3 amide bonds. The van der Waals surface area contributed by atoms with E-state index in [-0.39, 0.29) is 18.1 Å². The summed E-state index contributed by atoms with van der Waals surface area (Å²) >= 11 is 12.7. The maximum atomic E-state index is 12.6. The Kier molecular flexibility index (Phi) is 5.70. The Morgan fingerprint density at radius 1 is 1.15 bits per heavy atom. The van der Waals surface area contributed by atoms with E-state index < -0.39 is 6.03 Å². The Labute approximate surface area is 172 Å². The molecule has 5 nitrogen and oxygen atoms in total. The number of carbonyl (C=O) groups excluding carboxylic acids is 2. The van der Waals surface area contributed by atoms with Crippen LogP contribution in [-0.2, 0) is 11.3 Å². The summed E-state index contributed by atoms with van der Waals surface area (Å²) in [6.45, 7) is 0.176. The first-order chi connectivity index (χ1) is 12.4. The van der Waals surface area contributed by atoms with Crippen LogP contribution in [0.5, 0.6) is 5.75 Å². The summed E-state index contributed by atoms with van der Waals surface area (Å²) in [7, 11) is 1.57. The van der Waals surface area contributed by atoms with Crippen LogP contribution in [0.15, 0.2) is 51.0 Å². The Bertz CT molecular complexity index is 890. The van der Waals surface area contributed by atoms with E-state index in [1.165, 1.54) is 0 Å². The predicted octanol–water partition coefficient (Wildman–Crippen LogP) is 4.97. The molecule has 1 heterocycles. The van der Waals surface area contributed by atoms with Crippen molar-refractivity contribution in [2.45, 2.75) is 6.54 Å². The smallest absolute Gasteiger partial charge is 0.329 e. The van der Waals surface area contributed by atoms with Crippen molar-refractivity contribution in [2.75, 3.05) is 7.11 Å². The lowest BCUT2D eigenvalue weighted by atomic mass is 10.1. The molecular formula is C18H13Br2ClN2O3. The zero-order chi connectivity index (χ0) is 18.8. The van der Waals surface area contributed by atoms with E-state index in [4.69, 9.17) is 16.3 Å². The van der Waals surface area contributed by atoms with Crippen LogP contribution in [0.3, 0.4) is 0 Å². The molecule has 0 atom stereocenters. The Morgan fingerprint density at radius 2 is 1.77 bits per heavy atom. The fourth-order valence-corrected chi connectivity index (χ4v) is 4.18. The predicted molar refractivity (Wildman–Crippen MR) is 107 cm³/mol. The maximum absolute atomic E-state index is 12.6. The van der Waals surface area contributed by atoms with Crippen LogP contribution in [-0.4, -0.2) is 23.9 Å². The molecule has 8 heteroatoms. The number of ether oxygens (including phenoxy) is 1. The molecule has 1 N–H and O–H groups in total. The largest absolute Gasteiger partial charge is 0.494 e. The summed E-state index contributed by atoms with van der Waals surface area (Å²) in [5, 5.41) is 3.21. The number of urea groups is 1. The standard InChI is InChI=1S/C18H13Br2ClN2O3/c1-26-16-13(19)6-11(7-14(16)20)8-15-17(24)23(18(25)22-15)9-10-2-4-12(21)5-3-10/h2-8H,9H2,1H3,(H,22,25)/b15-8-. The van der Waals surface area contributed by atoms with Gasteiger partial charge in [0.1, 0.15) is 11.4 Å². The van der Waals surface area contributed by atoms with Crippen molar-refractivity contribution in [1.82, 2.24) is 10.2 Å². The van der Waals surface area contributed by atoms with Gasteiger partial charge in [0.05, 0.1) is 22.6 Å². The molecular weight excluding hydrogens is 487 g/mol. The number of methoxy groups -OCH3 is 1. The van der Waals surface area contributed by atoms with E-state index >= 15 is 0 Å². The van der Waals surface area contributed by atoms with Gasteiger partial charge >= 0.3 is 6.03 Å². The van der Waals surface area contributed by atoms with Crippen molar-refractivity contribution in [3.05, 3.63) is 67.2 Å². The monoisotopic (exact) mass is 498 g/mol. The Morgan fingerprint density at radius 3 is 2.35 bits per heavy atom. The molecule has 0 bridgehead atoms. The molecule has 0 unspecified atom stereocenters. The SMILES string of the molecule is COc1c(Br)cc(/C=C2\NC(=O)N(Cc3ccc(Cl)cc3)C2=O)cc1Br. The third-order valence-electron chi connectivity index (χ3n) is 3.75. The molecule has 3 rings (SSSR count). The van der Waals surface area contributed by atoms with Gasteiger partial charge in [-0.05, 0) is 73.3 Å². The lowest BCUT2D eigenvalue weighted by molar-refractivity contribution is -0.123. The number of hydrogen-bond acceptors (Lipinski definition) is 3. The number of rotatable bonds is 4. The average molecular weight is 501 g/mol. The van der Waals surface area contributed by atoms with Crippen LogP contribution in [0.4, 0.5) is 4.79 Å². The minimum absolute atomic E-state index is 0.176. The normalized spacial score (nSPS) is 15.5. The minimum atomic E-state index is -0.456. The van der Waals surface area contributed by atoms with Crippen molar-refractivity contribution in [2.24, 2.45) is 0 Å². The number of nitrogens with one attached hydrogen (secondary N) is 1. The summed E-state index contributed by atoms with van der Waals surface area (Å²) in [4.78, 5) is 25.9. The fraction of sp³-hybridized carbons (Fsp3) is 0.111. The van der Waals surface area contributed by atoms with Crippen LogP contribution in [0.1, 0.15) is 11.1 Å². The molecule has 1 saturated heterocycles. The van der Waals surface area contributed by atoms with Gasteiger partial charge in [0.15, 0.2) is 0 Å². The summed E-state index contributed by atoms with van der Waals surface area (Å²) in [6, 6.07) is 10.2. The van der Waals surface area contributed by atoms with E-state index in [0.717, 1.165) is 25.0 Å². The van der Waals surface area contributed by atoms with Gasteiger partial charge in [-0.15, -0.1) is 0 Å². The van der Waals surface area contributed by atoms with Gasteiger partial charge in [-0.25, -0.2) is 4.79 Å². The van der Waals surface area contributed by atoms with E-state index in [2.05, 4.69) is 37.2 Å². The second kappa shape index (κ2) is 7.82. The molecule has 26 heavy (non-hydrogen) atoms. The van der Waals surface area contributed by atoms with Gasteiger partial charge in [-0.2, -0.15) is 0 Å². The third kappa shape index (κ3) is 3.95. The van der Waals surface area contributed by atoms with E-state index in [9.17, 15) is 9.59 Å². The fourth-order valence-electron chi connectivity index (χ4n) is 2.51. The first kappa shape index (κ1) is 18.9. The number of hydrogen-bond donors (Lipinski definition) is 1. The summed E-state index contributed by atoms with van der Waals surface area (Å²) in [5.74, 6) is 0.270. The number of nitrogens with zero attached hydrogens (tertiary/aromatic N) is 1. The van der Waals surface area contributed by atoms with Gasteiger partial charge in [0, 0.05) is 5.02 Å². The Balaban J connectivity index is 1.84. The van der Waals surface area contributed by atoms with Crippen molar-refractivity contribution < 1.29 is 14.3 Å². The summed E-state index contributed by atoms with van der Waals surface area (Å²) in [6.07, 6.45) is 1.62. The minimum Gasteiger partial charge on any atom is -0.494 e. The molecule has 134 valence electrons. The number of amides is 3. The lowest BCUT2D eigenvalue weighted by Crippen LogP contribution is -2.30. The van der Waals surface area contributed by atoms with E-state index in [1.807, 2.05) is 0 Å². The number of halogens is 3. The molecule has 0 saturated carbocycles. The molecule has 0 spiro atoms. The molecule has 0 radical (unpaired) electrons. The molecule has 2 aromatic rings. The van der Waals surface area contributed by atoms with Crippen molar-refractivity contribution in [3.63, 3.8) is 0 Å². The first-order valence-electron chi connectivity index (χ1n) is 7.51. The van der Waals surface area contributed by atoms with Gasteiger partial charge in [-0.1, -0.05) is 23.7 Å².